The molecule has 0 fully saturated rings. The van der Waals surface area contributed by atoms with E-state index >= 15 is 0 Å². The number of aromatic nitrogens is 3. The van der Waals surface area contributed by atoms with E-state index in [9.17, 15) is 4.79 Å². The Morgan fingerprint density at radius 2 is 2.27 bits per heavy atom. The van der Waals surface area contributed by atoms with Crippen LogP contribution in [0.3, 0.4) is 0 Å². The van der Waals surface area contributed by atoms with Crippen molar-refractivity contribution in [2.24, 2.45) is 0 Å². The van der Waals surface area contributed by atoms with Crippen molar-refractivity contribution in [3.63, 3.8) is 0 Å². The van der Waals surface area contributed by atoms with Gasteiger partial charge in [0.1, 0.15) is 6.61 Å². The Balaban J connectivity index is 2.58. The predicted octanol–water partition coefficient (Wildman–Crippen LogP) is -0.597. The van der Waals surface area contributed by atoms with Gasteiger partial charge in [-0.15, -0.1) is 10.2 Å². The number of rotatable bonds is 5. The first kappa shape index (κ1) is 11.8. The Morgan fingerprint density at radius 3 is 2.87 bits per heavy atom. The van der Waals surface area contributed by atoms with Crippen molar-refractivity contribution in [1.82, 2.24) is 14.9 Å². The molecule has 1 heterocycles. The number of ether oxygens (including phenoxy) is 2. The minimum absolute atomic E-state index is 0.152. The molecule has 0 aliphatic rings. The second-order valence-corrected chi connectivity index (χ2v) is 3.51. The van der Waals surface area contributed by atoms with Crippen molar-refractivity contribution < 1.29 is 14.3 Å². The highest BCUT2D eigenvalue weighted by molar-refractivity contribution is 7.99. The van der Waals surface area contributed by atoms with E-state index in [1.54, 1.807) is 0 Å². The monoisotopic (exact) mass is 232 g/mol. The lowest BCUT2D eigenvalue weighted by atomic mass is 10.7. The number of carbonyl (C=O) groups is 1. The quantitative estimate of drug-likeness (QED) is 0.412. The molecule has 84 valence electrons. The molecule has 2 N–H and O–H groups in total. The Kier molecular flexibility index (Phi) is 4.37. The van der Waals surface area contributed by atoms with Gasteiger partial charge < -0.3 is 15.3 Å². The predicted molar refractivity (Wildman–Crippen MR) is 53.6 cm³/mol. The third kappa shape index (κ3) is 3.10. The molecule has 0 bridgehead atoms. The van der Waals surface area contributed by atoms with E-state index in [0.29, 0.717) is 11.0 Å². The zero-order chi connectivity index (χ0) is 11.3. The molecule has 15 heavy (non-hydrogen) atoms. The molecule has 0 spiro atoms. The summed E-state index contributed by atoms with van der Waals surface area (Å²) in [5.74, 6) is 5.98. The van der Waals surface area contributed by atoms with Gasteiger partial charge in [0.2, 0.25) is 5.16 Å². The lowest BCUT2D eigenvalue weighted by Gasteiger charge is -2.01. The number of nitrogen functional groups attached to an aromatic ring is 1. The van der Waals surface area contributed by atoms with Crippen molar-refractivity contribution in [3.8, 4) is 0 Å². The van der Waals surface area contributed by atoms with Gasteiger partial charge in [-0.2, -0.15) is 0 Å². The van der Waals surface area contributed by atoms with Crippen molar-refractivity contribution in [3.05, 3.63) is 5.82 Å². The highest BCUT2D eigenvalue weighted by Gasteiger charge is 2.11. The van der Waals surface area contributed by atoms with Gasteiger partial charge in [0.25, 0.3) is 0 Å². The van der Waals surface area contributed by atoms with Gasteiger partial charge in [-0.25, -0.2) is 4.68 Å². The van der Waals surface area contributed by atoms with E-state index in [-0.39, 0.29) is 18.3 Å². The third-order valence-corrected chi connectivity index (χ3v) is 2.47. The average molecular weight is 232 g/mol. The summed E-state index contributed by atoms with van der Waals surface area (Å²) in [4.78, 5) is 10.9. The van der Waals surface area contributed by atoms with E-state index in [1.807, 2.05) is 0 Å². The Morgan fingerprint density at radius 1 is 1.53 bits per heavy atom. The van der Waals surface area contributed by atoms with Crippen LogP contribution in [0, 0.1) is 0 Å². The zero-order valence-corrected chi connectivity index (χ0v) is 9.28. The molecule has 1 rings (SSSR count). The van der Waals surface area contributed by atoms with Gasteiger partial charge in [-0.1, -0.05) is 11.8 Å². The Labute approximate surface area is 90.9 Å². The SMILES string of the molecule is COCc1nnc(SCC(=O)OC)n1N. The molecule has 0 saturated heterocycles. The smallest absolute Gasteiger partial charge is 0.316 e. The first-order valence-corrected chi connectivity index (χ1v) is 5.05. The van der Waals surface area contributed by atoms with Crippen LogP contribution < -0.4 is 5.84 Å². The lowest BCUT2D eigenvalue weighted by molar-refractivity contribution is -0.137. The third-order valence-electron chi connectivity index (χ3n) is 1.56. The van der Waals surface area contributed by atoms with Crippen LogP contribution in [0.4, 0.5) is 0 Å². The van der Waals surface area contributed by atoms with Crippen LogP contribution >= 0.6 is 11.8 Å². The number of hydrogen-bond acceptors (Lipinski definition) is 7. The summed E-state index contributed by atoms with van der Waals surface area (Å²) in [5.41, 5.74) is 0. The number of carbonyl (C=O) groups excluding carboxylic acids is 1. The molecule has 8 heteroatoms. The number of esters is 1. The normalized spacial score (nSPS) is 10.3. The van der Waals surface area contributed by atoms with Crippen LogP contribution in [0.15, 0.2) is 5.16 Å². The fourth-order valence-electron chi connectivity index (χ4n) is 0.816. The molecule has 0 radical (unpaired) electrons. The number of thioether (sulfide) groups is 1. The lowest BCUT2D eigenvalue weighted by Crippen LogP contribution is -2.15. The maximum absolute atomic E-state index is 10.9. The Bertz CT molecular complexity index is 341. The largest absolute Gasteiger partial charge is 0.468 e. The molecule has 1 aromatic rings. The molecule has 0 aromatic carbocycles. The average Bonchev–Trinajstić information content (AvgIpc) is 2.58. The first-order chi connectivity index (χ1) is 7.19. The summed E-state index contributed by atoms with van der Waals surface area (Å²) in [6.07, 6.45) is 0. The summed E-state index contributed by atoms with van der Waals surface area (Å²) in [6.45, 7) is 0.280. The van der Waals surface area contributed by atoms with Crippen LogP contribution in [0.2, 0.25) is 0 Å². The molecule has 0 unspecified atom stereocenters. The molecular weight excluding hydrogens is 220 g/mol. The summed E-state index contributed by atoms with van der Waals surface area (Å²) < 4.78 is 10.6. The molecule has 0 amide bonds. The minimum Gasteiger partial charge on any atom is -0.468 e. The zero-order valence-electron chi connectivity index (χ0n) is 8.47. The first-order valence-electron chi connectivity index (χ1n) is 4.07. The van der Waals surface area contributed by atoms with Gasteiger partial charge in [0, 0.05) is 7.11 Å². The minimum atomic E-state index is -0.337. The molecule has 0 aliphatic heterocycles. The van der Waals surface area contributed by atoms with E-state index < -0.39 is 0 Å². The molecule has 0 atom stereocenters. The van der Waals surface area contributed by atoms with Crippen molar-refractivity contribution in [2.75, 3.05) is 25.8 Å². The second kappa shape index (κ2) is 5.56. The van der Waals surface area contributed by atoms with Crippen LogP contribution in [0.25, 0.3) is 0 Å². The number of hydrogen-bond donors (Lipinski definition) is 1. The molecule has 0 saturated carbocycles. The number of nitrogens with two attached hydrogens (primary N) is 1. The fourth-order valence-corrected chi connectivity index (χ4v) is 1.52. The van der Waals surface area contributed by atoms with Crippen LogP contribution in [0.1, 0.15) is 5.82 Å². The van der Waals surface area contributed by atoms with Crippen LogP contribution in [-0.4, -0.2) is 40.8 Å². The Hall–Kier alpha value is -1.28. The molecule has 1 aromatic heterocycles. The van der Waals surface area contributed by atoms with Gasteiger partial charge in [0.15, 0.2) is 5.82 Å². The molecule has 0 aliphatic carbocycles. The number of nitrogens with zero attached hydrogens (tertiary/aromatic N) is 3. The summed E-state index contributed by atoms with van der Waals surface area (Å²) in [7, 11) is 2.86. The highest BCUT2D eigenvalue weighted by atomic mass is 32.2. The molecular formula is C7H12N4O3S. The van der Waals surface area contributed by atoms with Gasteiger partial charge in [-0.3, -0.25) is 4.79 Å². The van der Waals surface area contributed by atoms with Crippen molar-refractivity contribution in [1.29, 1.82) is 0 Å². The number of methoxy groups -OCH3 is 2. The standard InChI is InChI=1S/C7H12N4O3S/c1-13-3-5-9-10-7(11(5)8)15-4-6(12)14-2/h3-4,8H2,1-2H3. The van der Waals surface area contributed by atoms with E-state index in [0.717, 1.165) is 11.8 Å². The van der Waals surface area contributed by atoms with Gasteiger partial charge >= 0.3 is 5.97 Å². The maximum Gasteiger partial charge on any atom is 0.316 e. The van der Waals surface area contributed by atoms with Gasteiger partial charge in [-0.05, 0) is 0 Å². The van der Waals surface area contributed by atoms with E-state index in [4.69, 9.17) is 10.6 Å². The summed E-state index contributed by atoms with van der Waals surface area (Å²) in [6, 6.07) is 0. The summed E-state index contributed by atoms with van der Waals surface area (Å²) in [5, 5.41) is 8.05. The van der Waals surface area contributed by atoms with Crippen molar-refractivity contribution in [2.45, 2.75) is 11.8 Å². The summed E-state index contributed by atoms with van der Waals surface area (Å²) >= 11 is 1.16. The maximum atomic E-state index is 10.9. The topological polar surface area (TPSA) is 92.3 Å². The van der Waals surface area contributed by atoms with E-state index in [1.165, 1.54) is 18.9 Å². The van der Waals surface area contributed by atoms with Gasteiger partial charge in [0.05, 0.1) is 12.9 Å². The van der Waals surface area contributed by atoms with E-state index in [2.05, 4.69) is 14.9 Å². The van der Waals surface area contributed by atoms with Crippen LogP contribution in [-0.2, 0) is 20.9 Å². The second-order valence-electron chi connectivity index (χ2n) is 2.57. The molecule has 7 nitrogen and oxygen atoms in total. The van der Waals surface area contributed by atoms with Crippen molar-refractivity contribution >= 4 is 17.7 Å². The fraction of sp³-hybridized carbons (Fsp3) is 0.571. The van der Waals surface area contributed by atoms with Crippen LogP contribution in [0.5, 0.6) is 0 Å². The highest BCUT2D eigenvalue weighted by Crippen LogP contribution is 2.14.